The van der Waals surface area contributed by atoms with Crippen LogP contribution in [0.1, 0.15) is 0 Å². The number of carboxylic acid groups (broad SMARTS) is 1. The van der Waals surface area contributed by atoms with E-state index in [1.807, 2.05) is 0 Å². The maximum atomic E-state index is 11.6. The van der Waals surface area contributed by atoms with Gasteiger partial charge in [0.1, 0.15) is 5.75 Å². The van der Waals surface area contributed by atoms with E-state index in [1.54, 1.807) is 24.3 Å². The zero-order valence-electron chi connectivity index (χ0n) is 9.12. The Labute approximate surface area is 97.4 Å². The van der Waals surface area contributed by atoms with E-state index in [0.29, 0.717) is 11.4 Å². The van der Waals surface area contributed by atoms with Crippen molar-refractivity contribution >= 4 is 17.7 Å². The van der Waals surface area contributed by atoms with Crippen molar-refractivity contribution < 1.29 is 24.2 Å². The molecule has 2 rings (SSSR count). The highest BCUT2D eigenvalue weighted by atomic mass is 16.5. The highest BCUT2D eigenvalue weighted by molar-refractivity contribution is 5.92. The number of carboxylic acids is 1. The number of nitrogens with zero attached hydrogens (tertiary/aromatic N) is 1. The molecule has 1 unspecified atom stereocenters. The van der Waals surface area contributed by atoms with Crippen LogP contribution in [0.25, 0.3) is 0 Å². The quantitative estimate of drug-likeness (QED) is 0.791. The van der Waals surface area contributed by atoms with Crippen LogP contribution >= 0.6 is 0 Å². The second kappa shape index (κ2) is 4.32. The lowest BCUT2D eigenvalue weighted by Crippen LogP contribution is -2.47. The van der Waals surface area contributed by atoms with E-state index < -0.39 is 18.2 Å². The van der Waals surface area contributed by atoms with Crippen LogP contribution in [-0.2, 0) is 9.53 Å². The Morgan fingerprint density at radius 2 is 2.18 bits per heavy atom. The summed E-state index contributed by atoms with van der Waals surface area (Å²) in [6.45, 7) is -0.0704. The van der Waals surface area contributed by atoms with Crippen LogP contribution in [0.3, 0.4) is 0 Å². The van der Waals surface area contributed by atoms with Crippen molar-refractivity contribution in [3.05, 3.63) is 24.3 Å². The summed E-state index contributed by atoms with van der Waals surface area (Å²) in [5, 5.41) is 8.93. The lowest BCUT2D eigenvalue weighted by Gasteiger charge is -2.31. The molecule has 1 aliphatic heterocycles. The second-order valence-electron chi connectivity index (χ2n) is 3.49. The van der Waals surface area contributed by atoms with Gasteiger partial charge in [0.15, 0.2) is 0 Å². The van der Waals surface area contributed by atoms with Crippen LogP contribution < -0.4 is 9.64 Å². The molecule has 90 valence electrons. The minimum absolute atomic E-state index is 0.0704. The molecule has 0 saturated heterocycles. The van der Waals surface area contributed by atoms with Crippen LogP contribution in [0.4, 0.5) is 10.5 Å². The first kappa shape index (κ1) is 11.3. The van der Waals surface area contributed by atoms with E-state index in [4.69, 9.17) is 9.84 Å². The van der Waals surface area contributed by atoms with Gasteiger partial charge in [-0.15, -0.1) is 0 Å². The number of carbonyl (C=O) groups excluding carboxylic acids is 1. The molecule has 0 aromatic heterocycles. The van der Waals surface area contributed by atoms with Gasteiger partial charge in [-0.25, -0.2) is 9.59 Å². The summed E-state index contributed by atoms with van der Waals surface area (Å²) < 4.78 is 9.88. The molecular weight excluding hydrogens is 226 g/mol. The van der Waals surface area contributed by atoms with E-state index in [0.717, 1.165) is 0 Å². The van der Waals surface area contributed by atoms with Gasteiger partial charge in [0, 0.05) is 0 Å². The van der Waals surface area contributed by atoms with Gasteiger partial charge in [-0.3, -0.25) is 4.90 Å². The molecule has 1 amide bonds. The van der Waals surface area contributed by atoms with Gasteiger partial charge in [-0.1, -0.05) is 12.1 Å². The van der Waals surface area contributed by atoms with Crippen LogP contribution in [0, 0.1) is 0 Å². The number of hydrogen-bond donors (Lipinski definition) is 1. The number of aliphatic carboxylic acids is 1. The zero-order chi connectivity index (χ0) is 12.4. The first-order chi connectivity index (χ1) is 8.13. The third-order valence-corrected chi connectivity index (χ3v) is 2.44. The lowest BCUT2D eigenvalue weighted by atomic mass is 10.2. The van der Waals surface area contributed by atoms with Crippen LogP contribution in [0.5, 0.6) is 5.75 Å². The number of hydrogen-bond acceptors (Lipinski definition) is 4. The van der Waals surface area contributed by atoms with E-state index in [9.17, 15) is 9.59 Å². The van der Waals surface area contributed by atoms with Gasteiger partial charge >= 0.3 is 12.1 Å². The number of para-hydroxylation sites is 2. The molecule has 0 saturated carbocycles. The number of methoxy groups -OCH3 is 1. The van der Waals surface area contributed by atoms with Crippen molar-refractivity contribution in [3.63, 3.8) is 0 Å². The molecule has 0 spiro atoms. The fraction of sp³-hybridized carbons (Fsp3) is 0.273. The van der Waals surface area contributed by atoms with E-state index in [-0.39, 0.29) is 6.54 Å². The predicted octanol–water partition coefficient (Wildman–Crippen LogP) is 1.10. The Bertz CT molecular complexity index is 459. The van der Waals surface area contributed by atoms with Crippen LogP contribution in [0.2, 0.25) is 0 Å². The van der Waals surface area contributed by atoms with Gasteiger partial charge in [-0.2, -0.15) is 0 Å². The van der Waals surface area contributed by atoms with E-state index in [1.165, 1.54) is 12.0 Å². The number of fused-ring (bicyclic) bond motifs is 1. The number of anilines is 1. The molecule has 0 radical (unpaired) electrons. The van der Waals surface area contributed by atoms with Gasteiger partial charge in [0.05, 0.1) is 19.3 Å². The van der Waals surface area contributed by atoms with Gasteiger partial charge < -0.3 is 14.6 Å². The third-order valence-electron chi connectivity index (χ3n) is 2.44. The molecule has 1 aromatic rings. The highest BCUT2D eigenvalue weighted by Gasteiger charge is 2.33. The Balaban J connectivity index is 2.39. The number of rotatable bonds is 1. The van der Waals surface area contributed by atoms with Gasteiger partial charge in [-0.05, 0) is 12.1 Å². The second-order valence-corrected chi connectivity index (χ2v) is 3.49. The Kier molecular flexibility index (Phi) is 2.86. The SMILES string of the molecule is COC(=O)N1CC(C(=O)O)Oc2ccccc21. The van der Waals surface area contributed by atoms with Crippen molar-refractivity contribution in [1.29, 1.82) is 0 Å². The minimum Gasteiger partial charge on any atom is -0.478 e. The summed E-state index contributed by atoms with van der Waals surface area (Å²) in [5.41, 5.74) is 0.511. The molecule has 1 aromatic carbocycles. The molecule has 1 aliphatic rings. The van der Waals surface area contributed by atoms with Crippen molar-refractivity contribution in [2.24, 2.45) is 0 Å². The largest absolute Gasteiger partial charge is 0.478 e. The maximum absolute atomic E-state index is 11.6. The Morgan fingerprint density at radius 3 is 2.82 bits per heavy atom. The van der Waals surface area contributed by atoms with Crippen molar-refractivity contribution in [2.75, 3.05) is 18.6 Å². The van der Waals surface area contributed by atoms with E-state index in [2.05, 4.69) is 4.74 Å². The molecule has 1 atom stereocenters. The fourth-order valence-corrected chi connectivity index (χ4v) is 1.65. The summed E-state index contributed by atoms with van der Waals surface area (Å²) in [6.07, 6.45) is -1.68. The summed E-state index contributed by atoms with van der Waals surface area (Å²) in [6, 6.07) is 6.72. The summed E-state index contributed by atoms with van der Waals surface area (Å²) in [5.74, 6) is -0.759. The number of benzene rings is 1. The predicted molar refractivity (Wildman–Crippen MR) is 58.2 cm³/mol. The van der Waals surface area contributed by atoms with Crippen molar-refractivity contribution in [2.45, 2.75) is 6.10 Å². The van der Waals surface area contributed by atoms with Gasteiger partial charge in [0.25, 0.3) is 0 Å². The smallest absolute Gasteiger partial charge is 0.414 e. The molecular formula is C11H11NO5. The van der Waals surface area contributed by atoms with Crippen LogP contribution in [-0.4, -0.2) is 36.9 Å². The van der Waals surface area contributed by atoms with Crippen LogP contribution in [0.15, 0.2) is 24.3 Å². The highest BCUT2D eigenvalue weighted by Crippen LogP contribution is 2.33. The average molecular weight is 237 g/mol. The summed E-state index contributed by atoms with van der Waals surface area (Å²) in [7, 11) is 1.25. The maximum Gasteiger partial charge on any atom is 0.414 e. The first-order valence-corrected chi connectivity index (χ1v) is 4.97. The normalized spacial score (nSPS) is 17.9. The first-order valence-electron chi connectivity index (χ1n) is 4.97. The molecule has 0 aliphatic carbocycles. The standard InChI is InChI=1S/C11H11NO5/c1-16-11(15)12-6-9(10(13)14)17-8-5-3-2-4-7(8)12/h2-5,9H,6H2,1H3,(H,13,14). The monoisotopic (exact) mass is 237 g/mol. The molecule has 0 bridgehead atoms. The minimum atomic E-state index is -1.12. The number of amides is 1. The molecule has 1 heterocycles. The summed E-state index contributed by atoms with van der Waals surface area (Å²) >= 11 is 0. The fourth-order valence-electron chi connectivity index (χ4n) is 1.65. The van der Waals surface area contributed by atoms with Gasteiger partial charge in [0.2, 0.25) is 6.10 Å². The lowest BCUT2D eigenvalue weighted by molar-refractivity contribution is -0.144. The molecule has 1 N–H and O–H groups in total. The van der Waals surface area contributed by atoms with Crippen molar-refractivity contribution in [3.8, 4) is 5.75 Å². The van der Waals surface area contributed by atoms with Crippen molar-refractivity contribution in [1.82, 2.24) is 0 Å². The Morgan fingerprint density at radius 1 is 1.47 bits per heavy atom. The number of ether oxygens (including phenoxy) is 2. The Hall–Kier alpha value is -2.24. The topological polar surface area (TPSA) is 76.1 Å². The molecule has 6 nitrogen and oxygen atoms in total. The molecule has 0 fully saturated rings. The average Bonchev–Trinajstić information content (AvgIpc) is 2.36. The molecule has 17 heavy (non-hydrogen) atoms. The summed E-state index contributed by atoms with van der Waals surface area (Å²) in [4.78, 5) is 23.7. The molecule has 6 heteroatoms. The number of carbonyl (C=O) groups is 2. The third kappa shape index (κ3) is 2.01. The zero-order valence-corrected chi connectivity index (χ0v) is 9.12. The van der Waals surface area contributed by atoms with E-state index >= 15 is 0 Å².